The molecule has 0 unspecified atom stereocenters. The van der Waals surface area contributed by atoms with Crippen molar-refractivity contribution in [3.63, 3.8) is 0 Å². The van der Waals surface area contributed by atoms with Crippen LogP contribution in [0, 0.1) is 0 Å². The summed E-state index contributed by atoms with van der Waals surface area (Å²) in [6.07, 6.45) is -0.978. The second-order valence-electron chi connectivity index (χ2n) is 7.82. The lowest BCUT2D eigenvalue weighted by molar-refractivity contribution is -0.173. The third-order valence-electron chi connectivity index (χ3n) is 6.01. The van der Waals surface area contributed by atoms with E-state index in [4.69, 9.17) is 0 Å². The number of aromatic nitrogens is 2. The molecule has 4 rings (SSSR count). The number of rotatable bonds is 4. The van der Waals surface area contributed by atoms with Crippen LogP contribution in [0.2, 0.25) is 0 Å². The molecule has 1 aromatic rings. The first-order chi connectivity index (χ1) is 13.2. The highest BCUT2D eigenvalue weighted by Crippen LogP contribution is 2.42. The molecule has 28 heavy (non-hydrogen) atoms. The van der Waals surface area contributed by atoms with E-state index in [0.717, 1.165) is 17.5 Å². The summed E-state index contributed by atoms with van der Waals surface area (Å²) in [5, 5.41) is 7.37. The summed E-state index contributed by atoms with van der Waals surface area (Å²) in [6.45, 7) is 3.22. The van der Waals surface area contributed by atoms with Crippen molar-refractivity contribution < 1.29 is 21.6 Å². The number of halogens is 3. The molecule has 3 aliphatic rings. The first-order valence-electron chi connectivity index (χ1n) is 9.91. The Bertz CT molecular complexity index is 819. The number of alkyl halides is 3. The molecule has 0 saturated carbocycles. The summed E-state index contributed by atoms with van der Waals surface area (Å²) < 4.78 is 70.7. The topological polar surface area (TPSA) is 70.5 Å². The molecule has 0 bridgehead atoms. The maximum absolute atomic E-state index is 13.6. The van der Waals surface area contributed by atoms with E-state index in [1.165, 1.54) is 8.61 Å². The number of hydrogen-bond donors (Lipinski definition) is 1. The highest BCUT2D eigenvalue weighted by Gasteiger charge is 2.47. The van der Waals surface area contributed by atoms with Crippen LogP contribution < -0.4 is 5.32 Å². The minimum atomic E-state index is -4.40. The Balaban J connectivity index is 1.66. The SMILES string of the molecule is CC[C@H]1C[C@H](C(F)(F)F)n2nc([C@@H]3CCCN3S(=O)(=O)N3CCCC3)cc2N1. The zero-order valence-electron chi connectivity index (χ0n) is 15.8. The van der Waals surface area contributed by atoms with Gasteiger partial charge in [-0.3, -0.25) is 0 Å². The van der Waals surface area contributed by atoms with E-state index in [0.29, 0.717) is 50.4 Å². The number of fused-ring (bicyclic) bond motifs is 1. The first-order valence-corrected chi connectivity index (χ1v) is 11.3. The molecule has 2 fully saturated rings. The molecule has 0 spiro atoms. The first kappa shape index (κ1) is 20.0. The van der Waals surface area contributed by atoms with Crippen LogP contribution in [0.3, 0.4) is 0 Å². The van der Waals surface area contributed by atoms with Crippen LogP contribution in [0.25, 0.3) is 0 Å². The molecule has 4 heterocycles. The number of hydrogen-bond acceptors (Lipinski definition) is 4. The van der Waals surface area contributed by atoms with Crippen molar-refractivity contribution in [1.29, 1.82) is 0 Å². The predicted octanol–water partition coefficient (Wildman–Crippen LogP) is 3.06. The van der Waals surface area contributed by atoms with E-state index in [1.54, 1.807) is 6.07 Å². The smallest absolute Gasteiger partial charge is 0.367 e. The second-order valence-corrected chi connectivity index (χ2v) is 9.71. The van der Waals surface area contributed by atoms with E-state index >= 15 is 0 Å². The molecule has 2 saturated heterocycles. The fourth-order valence-electron chi connectivity index (χ4n) is 4.48. The Labute approximate surface area is 163 Å². The summed E-state index contributed by atoms with van der Waals surface area (Å²) in [6, 6.07) is -0.882. The van der Waals surface area contributed by atoms with Gasteiger partial charge in [-0.2, -0.15) is 35.3 Å². The minimum absolute atomic E-state index is 0.0748. The van der Waals surface area contributed by atoms with Crippen molar-refractivity contribution in [1.82, 2.24) is 18.4 Å². The standard InChI is InChI=1S/C17H26F3N5O2S/c1-2-12-10-15(17(18,19)20)25-16(21-12)11-13(22-25)14-6-5-9-24(14)28(26,27)23-7-3-4-8-23/h11-12,14-15,21H,2-10H2,1H3/t12-,14-,15+/m0/s1. The van der Waals surface area contributed by atoms with Gasteiger partial charge in [-0.1, -0.05) is 6.92 Å². The van der Waals surface area contributed by atoms with Gasteiger partial charge in [-0.05, 0) is 38.5 Å². The molecule has 0 aliphatic carbocycles. The van der Waals surface area contributed by atoms with E-state index < -0.39 is 28.5 Å². The van der Waals surface area contributed by atoms with Crippen LogP contribution in [0.1, 0.15) is 63.2 Å². The van der Waals surface area contributed by atoms with E-state index in [1.807, 2.05) is 6.92 Å². The van der Waals surface area contributed by atoms with Gasteiger partial charge < -0.3 is 5.32 Å². The van der Waals surface area contributed by atoms with E-state index in [2.05, 4.69) is 10.4 Å². The molecule has 7 nitrogen and oxygen atoms in total. The lowest BCUT2D eigenvalue weighted by atomic mass is 10.0. The van der Waals surface area contributed by atoms with Gasteiger partial charge >= 0.3 is 6.18 Å². The Hall–Kier alpha value is -1.33. The van der Waals surface area contributed by atoms with Gasteiger partial charge in [0, 0.05) is 31.7 Å². The quantitative estimate of drug-likeness (QED) is 0.811. The largest absolute Gasteiger partial charge is 0.410 e. The fraction of sp³-hybridized carbons (Fsp3) is 0.824. The molecule has 3 aliphatic heterocycles. The monoisotopic (exact) mass is 421 g/mol. The van der Waals surface area contributed by atoms with Crippen molar-refractivity contribution in [3.8, 4) is 0 Å². The lowest BCUT2D eigenvalue weighted by Gasteiger charge is -2.32. The van der Waals surface area contributed by atoms with Crippen LogP contribution in [0.15, 0.2) is 6.07 Å². The summed E-state index contributed by atoms with van der Waals surface area (Å²) in [7, 11) is -3.62. The summed E-state index contributed by atoms with van der Waals surface area (Å²) in [5.74, 6) is 0.320. The third-order valence-corrected chi connectivity index (χ3v) is 8.06. The van der Waals surface area contributed by atoms with Crippen LogP contribution in [0.5, 0.6) is 0 Å². The molecular formula is C17H26F3N5O2S. The van der Waals surface area contributed by atoms with E-state index in [-0.39, 0.29) is 12.5 Å². The van der Waals surface area contributed by atoms with Gasteiger partial charge in [0.15, 0.2) is 6.04 Å². The Morgan fingerprint density at radius 3 is 2.57 bits per heavy atom. The van der Waals surface area contributed by atoms with Gasteiger partial charge in [0.05, 0.1) is 11.7 Å². The average Bonchev–Trinajstić information content (AvgIpc) is 3.39. The molecule has 11 heteroatoms. The maximum atomic E-state index is 13.6. The van der Waals surface area contributed by atoms with Crippen molar-refractivity contribution in [2.75, 3.05) is 25.0 Å². The average molecular weight is 421 g/mol. The number of anilines is 1. The van der Waals surface area contributed by atoms with Crippen molar-refractivity contribution in [2.45, 2.75) is 69.8 Å². The Morgan fingerprint density at radius 2 is 1.93 bits per heavy atom. The van der Waals surface area contributed by atoms with Crippen LogP contribution in [-0.4, -0.2) is 58.7 Å². The van der Waals surface area contributed by atoms with Crippen molar-refractivity contribution in [3.05, 3.63) is 11.8 Å². The maximum Gasteiger partial charge on any atom is 0.410 e. The van der Waals surface area contributed by atoms with Crippen molar-refractivity contribution >= 4 is 16.0 Å². The molecule has 3 atom stereocenters. The summed E-state index contributed by atoms with van der Waals surface area (Å²) in [5.41, 5.74) is 0.397. The van der Waals surface area contributed by atoms with Crippen molar-refractivity contribution in [2.24, 2.45) is 0 Å². The Morgan fingerprint density at radius 1 is 1.21 bits per heavy atom. The fourth-order valence-corrected chi connectivity index (χ4v) is 6.39. The highest BCUT2D eigenvalue weighted by molar-refractivity contribution is 7.86. The normalized spacial score (nSPS) is 29.8. The zero-order chi connectivity index (χ0) is 20.1. The van der Waals surface area contributed by atoms with Gasteiger partial charge in [0.2, 0.25) is 0 Å². The van der Waals surface area contributed by atoms with Gasteiger partial charge in [-0.25, -0.2) is 4.68 Å². The van der Waals surface area contributed by atoms with Gasteiger partial charge in [0.25, 0.3) is 10.2 Å². The predicted molar refractivity (Wildman–Crippen MR) is 98.0 cm³/mol. The minimum Gasteiger partial charge on any atom is -0.367 e. The molecular weight excluding hydrogens is 395 g/mol. The molecule has 1 aromatic heterocycles. The van der Waals surface area contributed by atoms with Crippen LogP contribution in [0.4, 0.5) is 19.0 Å². The van der Waals surface area contributed by atoms with Gasteiger partial charge in [0.1, 0.15) is 5.82 Å². The molecule has 158 valence electrons. The van der Waals surface area contributed by atoms with E-state index in [9.17, 15) is 21.6 Å². The molecule has 0 aromatic carbocycles. The zero-order valence-corrected chi connectivity index (χ0v) is 16.6. The van der Waals surface area contributed by atoms with Crippen LogP contribution in [-0.2, 0) is 10.2 Å². The summed E-state index contributed by atoms with van der Waals surface area (Å²) >= 11 is 0. The molecule has 1 N–H and O–H groups in total. The summed E-state index contributed by atoms with van der Waals surface area (Å²) in [4.78, 5) is 0. The number of nitrogens with one attached hydrogen (secondary N) is 1. The number of nitrogens with zero attached hydrogens (tertiary/aromatic N) is 4. The van der Waals surface area contributed by atoms with Crippen LogP contribution >= 0.6 is 0 Å². The lowest BCUT2D eigenvalue weighted by Crippen LogP contribution is -2.42. The highest BCUT2D eigenvalue weighted by atomic mass is 32.2. The molecule has 0 radical (unpaired) electrons. The second kappa shape index (κ2) is 7.17. The third kappa shape index (κ3) is 3.41. The van der Waals surface area contributed by atoms with Gasteiger partial charge in [-0.15, -0.1) is 0 Å². The molecule has 0 amide bonds. The Kier molecular flexibility index (Phi) is 5.11.